The maximum atomic E-state index is 11.9. The van der Waals surface area contributed by atoms with Crippen molar-refractivity contribution in [2.45, 2.75) is 44.7 Å². The standard InChI is InChI=1S/C16H24BrN3O2/c1-19(14-5-3-2-4-6-14)10-9-18-15(21)12-20-11-13(17)7-8-16(20)22/h7-8,11,14H,2-6,9-10,12H2,1H3,(H,18,21). The zero-order chi connectivity index (χ0) is 15.9. The van der Waals surface area contributed by atoms with Gasteiger partial charge in [0.1, 0.15) is 6.54 Å². The summed E-state index contributed by atoms with van der Waals surface area (Å²) < 4.78 is 2.20. The fourth-order valence-corrected chi connectivity index (χ4v) is 3.29. The number of carbonyl (C=O) groups excluding carboxylic acids is 1. The van der Waals surface area contributed by atoms with Crippen LogP contribution in [0, 0.1) is 0 Å². The lowest BCUT2D eigenvalue weighted by Crippen LogP contribution is -2.40. The Bertz CT molecular complexity index is 553. The highest BCUT2D eigenvalue weighted by Gasteiger charge is 2.17. The zero-order valence-electron chi connectivity index (χ0n) is 13.1. The second-order valence-corrected chi connectivity index (χ2v) is 6.85. The van der Waals surface area contributed by atoms with E-state index in [9.17, 15) is 9.59 Å². The Kier molecular flexibility index (Phi) is 6.64. The van der Waals surface area contributed by atoms with E-state index in [1.165, 1.54) is 42.7 Å². The van der Waals surface area contributed by atoms with Crippen LogP contribution in [0.2, 0.25) is 0 Å². The molecule has 1 heterocycles. The monoisotopic (exact) mass is 369 g/mol. The minimum absolute atomic E-state index is 0.0609. The van der Waals surface area contributed by atoms with Crippen molar-refractivity contribution in [3.8, 4) is 0 Å². The van der Waals surface area contributed by atoms with Crippen molar-refractivity contribution in [1.29, 1.82) is 0 Å². The minimum Gasteiger partial charge on any atom is -0.353 e. The fourth-order valence-electron chi connectivity index (χ4n) is 2.91. The van der Waals surface area contributed by atoms with Gasteiger partial charge in [0.05, 0.1) is 0 Å². The number of aromatic nitrogens is 1. The third-order valence-electron chi connectivity index (χ3n) is 4.25. The maximum absolute atomic E-state index is 11.9. The lowest BCUT2D eigenvalue weighted by molar-refractivity contribution is -0.121. The summed E-state index contributed by atoms with van der Waals surface area (Å²) in [5, 5.41) is 2.89. The highest BCUT2D eigenvalue weighted by atomic mass is 79.9. The smallest absolute Gasteiger partial charge is 0.251 e. The molecule has 122 valence electrons. The van der Waals surface area contributed by atoms with Crippen LogP contribution < -0.4 is 10.9 Å². The molecule has 0 unspecified atom stereocenters. The number of carbonyl (C=O) groups is 1. The van der Waals surface area contributed by atoms with Crippen LogP contribution in [0.5, 0.6) is 0 Å². The number of hydrogen-bond acceptors (Lipinski definition) is 3. The summed E-state index contributed by atoms with van der Waals surface area (Å²) in [6.45, 7) is 1.53. The predicted octanol–water partition coefficient (Wildman–Crippen LogP) is 1.99. The third kappa shape index (κ3) is 5.25. The zero-order valence-corrected chi connectivity index (χ0v) is 14.6. The van der Waals surface area contributed by atoms with Gasteiger partial charge in [-0.1, -0.05) is 19.3 Å². The molecule has 1 fully saturated rings. The number of halogens is 1. The first-order valence-corrected chi connectivity index (χ1v) is 8.68. The second kappa shape index (κ2) is 8.48. The van der Waals surface area contributed by atoms with E-state index in [-0.39, 0.29) is 18.0 Å². The largest absolute Gasteiger partial charge is 0.353 e. The molecule has 0 saturated heterocycles. The number of pyridine rings is 1. The number of rotatable bonds is 6. The van der Waals surface area contributed by atoms with Crippen molar-refractivity contribution in [1.82, 2.24) is 14.8 Å². The molecule has 1 aromatic heterocycles. The summed E-state index contributed by atoms with van der Waals surface area (Å²) in [7, 11) is 2.13. The molecular formula is C16H24BrN3O2. The molecule has 2 rings (SSSR count). The van der Waals surface area contributed by atoms with E-state index >= 15 is 0 Å². The molecule has 0 radical (unpaired) electrons. The first-order valence-electron chi connectivity index (χ1n) is 7.89. The Hall–Kier alpha value is -1.14. The van der Waals surface area contributed by atoms with Gasteiger partial charge >= 0.3 is 0 Å². The molecule has 0 aromatic carbocycles. The molecule has 1 amide bonds. The second-order valence-electron chi connectivity index (χ2n) is 5.94. The summed E-state index contributed by atoms with van der Waals surface area (Å²) in [6.07, 6.45) is 8.13. The van der Waals surface area contributed by atoms with E-state index in [1.807, 2.05) is 0 Å². The topological polar surface area (TPSA) is 54.3 Å². The van der Waals surface area contributed by atoms with Crippen LogP contribution in [-0.2, 0) is 11.3 Å². The van der Waals surface area contributed by atoms with Crippen molar-refractivity contribution < 1.29 is 4.79 Å². The molecule has 0 aliphatic heterocycles. The molecule has 0 bridgehead atoms. The van der Waals surface area contributed by atoms with Crippen LogP contribution in [0.25, 0.3) is 0 Å². The minimum atomic E-state index is -0.169. The van der Waals surface area contributed by atoms with Gasteiger partial charge in [-0.15, -0.1) is 0 Å². The van der Waals surface area contributed by atoms with Gasteiger partial charge in [0.2, 0.25) is 5.91 Å². The molecular weight excluding hydrogens is 346 g/mol. The van der Waals surface area contributed by atoms with Crippen LogP contribution >= 0.6 is 15.9 Å². The summed E-state index contributed by atoms with van der Waals surface area (Å²) in [4.78, 5) is 25.9. The van der Waals surface area contributed by atoms with Crippen molar-refractivity contribution in [2.75, 3.05) is 20.1 Å². The molecule has 6 heteroatoms. The van der Waals surface area contributed by atoms with Crippen molar-refractivity contribution >= 4 is 21.8 Å². The number of nitrogens with zero attached hydrogens (tertiary/aromatic N) is 2. The predicted molar refractivity (Wildman–Crippen MR) is 90.9 cm³/mol. The van der Waals surface area contributed by atoms with Gasteiger partial charge in [0.25, 0.3) is 5.56 Å². The van der Waals surface area contributed by atoms with Crippen LogP contribution in [0.4, 0.5) is 0 Å². The number of nitrogens with one attached hydrogen (secondary N) is 1. The fraction of sp³-hybridized carbons (Fsp3) is 0.625. The SMILES string of the molecule is CN(CCNC(=O)Cn1cc(Br)ccc1=O)C1CCCCC1. The van der Waals surface area contributed by atoms with Crippen LogP contribution in [0.15, 0.2) is 27.6 Å². The first-order chi connectivity index (χ1) is 10.6. The number of likely N-dealkylation sites (N-methyl/N-ethyl adjacent to an activating group) is 1. The highest BCUT2D eigenvalue weighted by molar-refractivity contribution is 9.10. The Labute approximate surface area is 139 Å². The molecule has 1 aliphatic rings. The molecule has 0 atom stereocenters. The quantitative estimate of drug-likeness (QED) is 0.833. The Morgan fingerprint density at radius 2 is 2.09 bits per heavy atom. The Morgan fingerprint density at radius 1 is 1.36 bits per heavy atom. The van der Waals surface area contributed by atoms with E-state index in [4.69, 9.17) is 0 Å². The molecule has 1 aliphatic carbocycles. The first kappa shape index (κ1) is 17.2. The van der Waals surface area contributed by atoms with Gasteiger partial charge < -0.3 is 14.8 Å². The van der Waals surface area contributed by atoms with E-state index < -0.39 is 0 Å². The van der Waals surface area contributed by atoms with Crippen LogP contribution in [-0.4, -0.2) is 41.6 Å². The van der Waals surface area contributed by atoms with E-state index in [1.54, 1.807) is 12.3 Å². The molecule has 1 saturated carbocycles. The van der Waals surface area contributed by atoms with E-state index in [2.05, 4.69) is 33.2 Å². The summed E-state index contributed by atoms with van der Waals surface area (Å²) in [5.41, 5.74) is -0.169. The molecule has 1 aromatic rings. The van der Waals surface area contributed by atoms with Gasteiger partial charge in [0.15, 0.2) is 0 Å². The van der Waals surface area contributed by atoms with Crippen LogP contribution in [0.3, 0.4) is 0 Å². The summed E-state index contributed by atoms with van der Waals surface area (Å²) in [5.74, 6) is -0.128. The Morgan fingerprint density at radius 3 is 2.82 bits per heavy atom. The van der Waals surface area contributed by atoms with Gasteiger partial charge in [-0.05, 0) is 41.9 Å². The van der Waals surface area contributed by atoms with Crippen molar-refractivity contribution in [2.24, 2.45) is 0 Å². The normalized spacial score (nSPS) is 16.0. The Balaban J connectivity index is 1.73. The molecule has 5 nitrogen and oxygen atoms in total. The van der Waals surface area contributed by atoms with E-state index in [0.717, 1.165) is 11.0 Å². The number of hydrogen-bond donors (Lipinski definition) is 1. The average Bonchev–Trinajstić information content (AvgIpc) is 2.51. The maximum Gasteiger partial charge on any atom is 0.251 e. The average molecular weight is 370 g/mol. The lowest BCUT2D eigenvalue weighted by Gasteiger charge is -2.31. The highest BCUT2D eigenvalue weighted by Crippen LogP contribution is 2.21. The molecule has 22 heavy (non-hydrogen) atoms. The summed E-state index contributed by atoms with van der Waals surface area (Å²) in [6, 6.07) is 3.78. The molecule has 0 spiro atoms. The van der Waals surface area contributed by atoms with Crippen LogP contribution in [0.1, 0.15) is 32.1 Å². The van der Waals surface area contributed by atoms with Gasteiger partial charge in [-0.2, -0.15) is 0 Å². The third-order valence-corrected chi connectivity index (χ3v) is 4.72. The number of amides is 1. The van der Waals surface area contributed by atoms with Gasteiger partial charge in [-0.25, -0.2) is 0 Å². The summed E-state index contributed by atoms with van der Waals surface area (Å²) >= 11 is 3.30. The van der Waals surface area contributed by atoms with E-state index in [0.29, 0.717) is 12.6 Å². The van der Waals surface area contributed by atoms with Crippen molar-refractivity contribution in [3.63, 3.8) is 0 Å². The van der Waals surface area contributed by atoms with Gasteiger partial charge in [0, 0.05) is 35.9 Å². The van der Waals surface area contributed by atoms with Crippen molar-refractivity contribution in [3.05, 3.63) is 33.2 Å². The molecule has 1 N–H and O–H groups in total. The lowest BCUT2D eigenvalue weighted by atomic mass is 9.94. The van der Waals surface area contributed by atoms with Gasteiger partial charge in [-0.3, -0.25) is 9.59 Å².